The molecule has 6 heteroatoms. The van der Waals surface area contributed by atoms with Crippen molar-refractivity contribution in [3.63, 3.8) is 0 Å². The zero-order valence-electron chi connectivity index (χ0n) is 15.0. The van der Waals surface area contributed by atoms with Crippen LogP contribution in [-0.2, 0) is 0 Å². The highest BCUT2D eigenvalue weighted by molar-refractivity contribution is 7.80. The lowest BCUT2D eigenvalue weighted by Crippen LogP contribution is -2.19. The SMILES string of the molecule is Cc1cc([C@H](C#N)c2ccc(Cl)cc2)c(Cl)cc1NC(=S)Nc1ccccc1. The number of rotatable bonds is 4. The summed E-state index contributed by atoms with van der Waals surface area (Å²) in [7, 11) is 0. The number of halogens is 2. The quantitative estimate of drug-likeness (QED) is 0.452. The van der Waals surface area contributed by atoms with Crippen LogP contribution in [-0.4, -0.2) is 5.11 Å². The lowest BCUT2D eigenvalue weighted by Gasteiger charge is -2.17. The Morgan fingerprint density at radius 2 is 1.68 bits per heavy atom. The number of nitriles is 1. The van der Waals surface area contributed by atoms with Crippen molar-refractivity contribution in [2.45, 2.75) is 12.8 Å². The molecule has 0 saturated heterocycles. The molecule has 0 aromatic heterocycles. The first kappa shape index (κ1) is 20.2. The van der Waals surface area contributed by atoms with Crippen LogP contribution in [0.15, 0.2) is 66.7 Å². The van der Waals surface area contributed by atoms with Crippen molar-refractivity contribution in [3.05, 3.63) is 93.5 Å². The van der Waals surface area contributed by atoms with Gasteiger partial charge in [0.2, 0.25) is 0 Å². The molecule has 0 aliphatic rings. The van der Waals surface area contributed by atoms with Gasteiger partial charge < -0.3 is 10.6 Å². The maximum absolute atomic E-state index is 9.71. The van der Waals surface area contributed by atoms with E-state index in [9.17, 15) is 5.26 Å². The first-order chi connectivity index (χ1) is 13.5. The number of thiocarbonyl (C=S) groups is 1. The van der Waals surface area contributed by atoms with Crippen molar-refractivity contribution in [1.82, 2.24) is 0 Å². The molecule has 3 aromatic rings. The Kier molecular flexibility index (Phi) is 6.53. The van der Waals surface area contributed by atoms with Crippen molar-refractivity contribution in [3.8, 4) is 6.07 Å². The number of hydrogen-bond acceptors (Lipinski definition) is 2. The topological polar surface area (TPSA) is 47.9 Å². The van der Waals surface area contributed by atoms with Gasteiger partial charge in [-0.1, -0.05) is 59.6 Å². The Morgan fingerprint density at radius 3 is 2.32 bits per heavy atom. The van der Waals surface area contributed by atoms with Gasteiger partial charge in [0.25, 0.3) is 0 Å². The third-order valence-electron chi connectivity index (χ3n) is 4.27. The van der Waals surface area contributed by atoms with Crippen LogP contribution in [0.1, 0.15) is 22.6 Å². The molecular formula is C22H17Cl2N3S. The highest BCUT2D eigenvalue weighted by atomic mass is 35.5. The normalized spacial score (nSPS) is 11.4. The predicted molar refractivity (Wildman–Crippen MR) is 121 cm³/mol. The van der Waals surface area contributed by atoms with Crippen molar-refractivity contribution in [1.29, 1.82) is 5.26 Å². The van der Waals surface area contributed by atoms with Crippen LogP contribution in [0.5, 0.6) is 0 Å². The van der Waals surface area contributed by atoms with Crippen molar-refractivity contribution < 1.29 is 0 Å². The summed E-state index contributed by atoms with van der Waals surface area (Å²) in [5, 5.41) is 17.6. The van der Waals surface area contributed by atoms with Gasteiger partial charge in [-0.25, -0.2) is 0 Å². The largest absolute Gasteiger partial charge is 0.332 e. The Balaban J connectivity index is 1.83. The molecule has 0 aliphatic carbocycles. The van der Waals surface area contributed by atoms with Gasteiger partial charge >= 0.3 is 0 Å². The van der Waals surface area contributed by atoms with E-state index in [0.29, 0.717) is 15.2 Å². The van der Waals surface area contributed by atoms with E-state index in [-0.39, 0.29) is 0 Å². The summed E-state index contributed by atoms with van der Waals surface area (Å²) in [6.45, 7) is 1.95. The fraction of sp³-hybridized carbons (Fsp3) is 0.0909. The minimum Gasteiger partial charge on any atom is -0.332 e. The second-order valence-corrected chi connectivity index (χ2v) is 7.50. The Hall–Kier alpha value is -2.58. The van der Waals surface area contributed by atoms with Crippen LogP contribution in [0.25, 0.3) is 0 Å². The molecule has 0 fully saturated rings. The third-order valence-corrected chi connectivity index (χ3v) is 5.05. The number of hydrogen-bond donors (Lipinski definition) is 2. The molecule has 0 amide bonds. The van der Waals surface area contributed by atoms with Crippen LogP contribution in [0.4, 0.5) is 11.4 Å². The van der Waals surface area contributed by atoms with Gasteiger partial charge in [-0.2, -0.15) is 5.26 Å². The molecule has 0 spiro atoms. The Morgan fingerprint density at radius 1 is 1.00 bits per heavy atom. The minimum atomic E-state index is -0.480. The molecule has 0 aliphatic heterocycles. The number of nitrogens with one attached hydrogen (secondary N) is 2. The van der Waals surface area contributed by atoms with Gasteiger partial charge in [-0.15, -0.1) is 0 Å². The maximum atomic E-state index is 9.71. The summed E-state index contributed by atoms with van der Waals surface area (Å²) in [6, 6.07) is 22.9. The van der Waals surface area contributed by atoms with E-state index >= 15 is 0 Å². The minimum absolute atomic E-state index is 0.465. The van der Waals surface area contributed by atoms with Crippen LogP contribution < -0.4 is 10.6 Å². The van der Waals surface area contributed by atoms with E-state index in [0.717, 1.165) is 28.1 Å². The zero-order valence-corrected chi connectivity index (χ0v) is 17.4. The van der Waals surface area contributed by atoms with Gasteiger partial charge in [0.05, 0.1) is 12.0 Å². The molecule has 3 aromatic carbocycles. The van der Waals surface area contributed by atoms with Gasteiger partial charge in [0.1, 0.15) is 0 Å². The highest BCUT2D eigenvalue weighted by Gasteiger charge is 2.18. The summed E-state index contributed by atoms with van der Waals surface area (Å²) < 4.78 is 0. The maximum Gasteiger partial charge on any atom is 0.175 e. The molecule has 28 heavy (non-hydrogen) atoms. The summed E-state index contributed by atoms with van der Waals surface area (Å²) in [5.41, 5.74) is 4.21. The molecule has 0 unspecified atom stereocenters. The van der Waals surface area contributed by atoms with E-state index < -0.39 is 5.92 Å². The molecule has 3 nitrogen and oxygen atoms in total. The molecule has 1 atom stereocenters. The van der Waals surface area contributed by atoms with Crippen molar-refractivity contribution in [2.75, 3.05) is 10.6 Å². The molecular weight excluding hydrogens is 409 g/mol. The summed E-state index contributed by atoms with van der Waals surface area (Å²) in [6.07, 6.45) is 0. The van der Waals surface area contributed by atoms with E-state index in [1.165, 1.54) is 0 Å². The van der Waals surface area contributed by atoms with Crippen LogP contribution in [0, 0.1) is 18.3 Å². The monoisotopic (exact) mass is 425 g/mol. The molecule has 0 heterocycles. The summed E-state index contributed by atoms with van der Waals surface area (Å²) in [5.74, 6) is -0.480. The number of para-hydroxylation sites is 1. The molecule has 2 N–H and O–H groups in total. The first-order valence-corrected chi connectivity index (χ1v) is 9.72. The van der Waals surface area contributed by atoms with Gasteiger partial charge in [0, 0.05) is 21.4 Å². The zero-order chi connectivity index (χ0) is 20.1. The van der Waals surface area contributed by atoms with E-state index in [2.05, 4.69) is 16.7 Å². The molecule has 140 valence electrons. The highest BCUT2D eigenvalue weighted by Crippen LogP contribution is 2.34. The number of benzene rings is 3. The average molecular weight is 426 g/mol. The lowest BCUT2D eigenvalue weighted by molar-refractivity contribution is 1.03. The Labute approximate surface area is 179 Å². The smallest absolute Gasteiger partial charge is 0.175 e. The van der Waals surface area contributed by atoms with Crippen LogP contribution in [0.3, 0.4) is 0 Å². The van der Waals surface area contributed by atoms with E-state index in [1.54, 1.807) is 18.2 Å². The van der Waals surface area contributed by atoms with E-state index in [4.69, 9.17) is 35.4 Å². The van der Waals surface area contributed by atoms with Crippen molar-refractivity contribution in [2.24, 2.45) is 0 Å². The Bertz CT molecular complexity index is 1030. The molecule has 0 radical (unpaired) electrons. The number of anilines is 2. The fourth-order valence-corrected chi connectivity index (χ4v) is 3.47. The van der Waals surface area contributed by atoms with Gasteiger partial charge in [-0.3, -0.25) is 0 Å². The average Bonchev–Trinajstić information content (AvgIpc) is 2.68. The predicted octanol–water partition coefficient (Wildman–Crippen LogP) is 6.77. The van der Waals surface area contributed by atoms with Crippen LogP contribution in [0.2, 0.25) is 10.0 Å². The van der Waals surface area contributed by atoms with Crippen molar-refractivity contribution >= 4 is 51.9 Å². The first-order valence-electron chi connectivity index (χ1n) is 8.56. The molecule has 0 saturated carbocycles. The molecule has 0 bridgehead atoms. The van der Waals surface area contributed by atoms with Gasteiger partial charge in [-0.05, 0) is 66.2 Å². The summed E-state index contributed by atoms with van der Waals surface area (Å²) in [4.78, 5) is 0. The third kappa shape index (κ3) is 4.82. The lowest BCUT2D eigenvalue weighted by atomic mass is 9.91. The molecule has 3 rings (SSSR count). The second-order valence-electron chi connectivity index (χ2n) is 6.25. The van der Waals surface area contributed by atoms with E-state index in [1.807, 2.05) is 55.5 Å². The standard InChI is InChI=1S/C22H17Cl2N3S/c1-14-11-18(19(13-25)15-7-9-16(23)10-8-15)20(24)12-21(14)27-22(28)26-17-5-3-2-4-6-17/h2-12,19H,1H3,(H2,26,27,28)/t19-/m1/s1. The number of nitrogens with zero attached hydrogens (tertiary/aromatic N) is 1. The van der Waals surface area contributed by atoms with Gasteiger partial charge in [0.15, 0.2) is 5.11 Å². The fourth-order valence-electron chi connectivity index (χ4n) is 2.84. The van der Waals surface area contributed by atoms with Crippen LogP contribution >= 0.6 is 35.4 Å². The second kappa shape index (κ2) is 9.07. The number of aryl methyl sites for hydroxylation is 1. The summed E-state index contributed by atoms with van der Waals surface area (Å²) >= 11 is 17.9.